The first kappa shape index (κ1) is 10.5. The standard InChI is InChI=1S/C11H19N3O/c1-6-4-9(13-14-10(12)15)8-5-7(6)11(8,2)3/h6-8H,4-5H2,1-3H3,(H3,12,14,15)/b13-9+. The van der Waals surface area contributed by atoms with Gasteiger partial charge in [0, 0.05) is 11.6 Å². The molecule has 3 rings (SSSR count). The quantitative estimate of drug-likeness (QED) is 0.634. The second-order valence-electron chi connectivity index (χ2n) is 5.48. The van der Waals surface area contributed by atoms with E-state index in [1.165, 1.54) is 6.42 Å². The monoisotopic (exact) mass is 209 g/mol. The molecule has 3 atom stereocenters. The number of nitrogens with one attached hydrogen (secondary N) is 1. The highest BCUT2D eigenvalue weighted by atomic mass is 16.2. The van der Waals surface area contributed by atoms with E-state index in [2.05, 4.69) is 31.3 Å². The molecule has 0 saturated heterocycles. The van der Waals surface area contributed by atoms with Gasteiger partial charge in [0.2, 0.25) is 0 Å². The van der Waals surface area contributed by atoms with Crippen LogP contribution in [-0.2, 0) is 0 Å². The molecule has 0 aromatic rings. The largest absolute Gasteiger partial charge is 0.350 e. The van der Waals surface area contributed by atoms with Gasteiger partial charge in [-0.15, -0.1) is 0 Å². The van der Waals surface area contributed by atoms with Crippen LogP contribution in [0.2, 0.25) is 0 Å². The number of rotatable bonds is 1. The van der Waals surface area contributed by atoms with E-state index in [1.54, 1.807) is 0 Å². The minimum absolute atomic E-state index is 0.343. The summed E-state index contributed by atoms with van der Waals surface area (Å²) < 4.78 is 0. The number of primary amides is 1. The molecule has 3 unspecified atom stereocenters. The Labute approximate surface area is 90.3 Å². The molecule has 0 spiro atoms. The first-order valence-corrected chi connectivity index (χ1v) is 5.55. The summed E-state index contributed by atoms with van der Waals surface area (Å²) in [7, 11) is 0. The molecule has 84 valence electrons. The molecule has 2 bridgehead atoms. The lowest BCUT2D eigenvalue weighted by atomic mass is 9.45. The molecule has 0 aromatic carbocycles. The van der Waals surface area contributed by atoms with Crippen molar-refractivity contribution in [3.05, 3.63) is 0 Å². The van der Waals surface area contributed by atoms with Crippen molar-refractivity contribution in [2.75, 3.05) is 0 Å². The van der Waals surface area contributed by atoms with Gasteiger partial charge in [0.1, 0.15) is 0 Å². The number of hydrazone groups is 1. The number of hydrogen-bond acceptors (Lipinski definition) is 2. The Balaban J connectivity index is 2.14. The second kappa shape index (κ2) is 3.22. The van der Waals surface area contributed by atoms with Crippen LogP contribution in [0.25, 0.3) is 0 Å². The van der Waals surface area contributed by atoms with Crippen LogP contribution in [0, 0.1) is 23.2 Å². The predicted molar refractivity (Wildman–Crippen MR) is 59.3 cm³/mol. The van der Waals surface area contributed by atoms with E-state index in [0.29, 0.717) is 17.3 Å². The third-order valence-electron chi connectivity index (χ3n) is 4.27. The van der Waals surface area contributed by atoms with Crippen LogP contribution >= 0.6 is 0 Å². The lowest BCUT2D eigenvalue weighted by Gasteiger charge is -2.59. The van der Waals surface area contributed by atoms with Crippen LogP contribution in [0.5, 0.6) is 0 Å². The van der Waals surface area contributed by atoms with Crippen molar-refractivity contribution in [3.8, 4) is 0 Å². The number of nitrogens with zero attached hydrogens (tertiary/aromatic N) is 1. The predicted octanol–water partition coefficient (Wildman–Crippen LogP) is 1.71. The normalized spacial score (nSPS) is 39.7. The maximum Gasteiger partial charge on any atom is 0.332 e. The van der Waals surface area contributed by atoms with Gasteiger partial charge < -0.3 is 5.73 Å². The summed E-state index contributed by atoms with van der Waals surface area (Å²) >= 11 is 0. The lowest BCUT2D eigenvalue weighted by molar-refractivity contribution is -0.0342. The number of urea groups is 1. The number of nitrogens with two attached hydrogens (primary N) is 1. The summed E-state index contributed by atoms with van der Waals surface area (Å²) in [5, 5.41) is 4.14. The summed E-state index contributed by atoms with van der Waals surface area (Å²) in [6.45, 7) is 6.85. The zero-order chi connectivity index (χ0) is 11.2. The summed E-state index contributed by atoms with van der Waals surface area (Å²) in [6, 6.07) is -0.575. The van der Waals surface area contributed by atoms with E-state index in [1.807, 2.05) is 0 Å². The Morgan fingerprint density at radius 1 is 1.60 bits per heavy atom. The molecule has 3 aliphatic rings. The second-order valence-corrected chi connectivity index (χ2v) is 5.48. The highest BCUT2D eigenvalue weighted by Gasteiger charge is 2.56. The van der Waals surface area contributed by atoms with Crippen LogP contribution in [0.3, 0.4) is 0 Å². The fourth-order valence-electron chi connectivity index (χ4n) is 3.36. The van der Waals surface area contributed by atoms with Crippen LogP contribution in [0.15, 0.2) is 5.10 Å². The molecule has 15 heavy (non-hydrogen) atoms. The number of hydrogen-bond donors (Lipinski definition) is 2. The Bertz CT molecular complexity index is 322. The molecular formula is C11H19N3O. The average Bonchev–Trinajstić information content (AvgIpc) is 2.13. The molecule has 4 nitrogen and oxygen atoms in total. The van der Waals surface area contributed by atoms with Crippen LogP contribution < -0.4 is 11.2 Å². The zero-order valence-corrected chi connectivity index (χ0v) is 9.58. The lowest BCUT2D eigenvalue weighted by Crippen LogP contribution is -2.56. The SMILES string of the molecule is CC1C/C(=N\NC(N)=O)C2CC1C2(C)C. The Hall–Kier alpha value is -1.06. The van der Waals surface area contributed by atoms with Crippen LogP contribution in [-0.4, -0.2) is 11.7 Å². The first-order valence-electron chi connectivity index (χ1n) is 5.55. The molecular weight excluding hydrogens is 190 g/mol. The van der Waals surface area contributed by atoms with E-state index in [-0.39, 0.29) is 0 Å². The van der Waals surface area contributed by atoms with Crippen LogP contribution in [0.1, 0.15) is 33.6 Å². The van der Waals surface area contributed by atoms with Gasteiger partial charge in [-0.25, -0.2) is 10.2 Å². The molecule has 3 fully saturated rings. The summed E-state index contributed by atoms with van der Waals surface area (Å²) in [4.78, 5) is 10.6. The average molecular weight is 209 g/mol. The van der Waals surface area contributed by atoms with Gasteiger partial charge >= 0.3 is 6.03 Å². The molecule has 0 aliphatic heterocycles. The van der Waals surface area contributed by atoms with Gasteiger partial charge in [-0.3, -0.25) is 0 Å². The molecule has 4 heteroatoms. The van der Waals surface area contributed by atoms with E-state index in [0.717, 1.165) is 18.1 Å². The Morgan fingerprint density at radius 2 is 2.27 bits per heavy atom. The molecule has 3 aliphatic carbocycles. The smallest absolute Gasteiger partial charge is 0.332 e. The number of carbonyl (C=O) groups is 1. The molecule has 0 heterocycles. The fraction of sp³-hybridized carbons (Fsp3) is 0.818. The van der Waals surface area contributed by atoms with Crippen molar-refractivity contribution in [1.29, 1.82) is 0 Å². The van der Waals surface area contributed by atoms with Gasteiger partial charge in [0.15, 0.2) is 0 Å². The van der Waals surface area contributed by atoms with Gasteiger partial charge in [0.25, 0.3) is 0 Å². The minimum atomic E-state index is -0.575. The summed E-state index contributed by atoms with van der Waals surface area (Å²) in [5.41, 5.74) is 8.83. The third kappa shape index (κ3) is 1.52. The van der Waals surface area contributed by atoms with Crippen molar-refractivity contribution in [3.63, 3.8) is 0 Å². The van der Waals surface area contributed by atoms with E-state index < -0.39 is 6.03 Å². The van der Waals surface area contributed by atoms with E-state index >= 15 is 0 Å². The fourth-order valence-corrected chi connectivity index (χ4v) is 3.36. The first-order chi connectivity index (χ1) is 6.93. The van der Waals surface area contributed by atoms with E-state index in [4.69, 9.17) is 5.73 Å². The van der Waals surface area contributed by atoms with Crippen molar-refractivity contribution in [1.82, 2.24) is 5.43 Å². The van der Waals surface area contributed by atoms with Crippen LogP contribution in [0.4, 0.5) is 4.79 Å². The number of carbonyl (C=O) groups excluding carboxylic acids is 1. The minimum Gasteiger partial charge on any atom is -0.350 e. The summed E-state index contributed by atoms with van der Waals surface area (Å²) in [5.74, 6) is 2.01. The Morgan fingerprint density at radius 3 is 2.73 bits per heavy atom. The van der Waals surface area contributed by atoms with Crippen molar-refractivity contribution in [2.24, 2.45) is 34.0 Å². The van der Waals surface area contributed by atoms with Gasteiger partial charge in [-0.2, -0.15) is 5.10 Å². The molecule has 3 N–H and O–H groups in total. The van der Waals surface area contributed by atoms with Gasteiger partial charge in [-0.05, 0) is 30.1 Å². The highest BCUT2D eigenvalue weighted by molar-refractivity contribution is 5.91. The molecule has 0 radical (unpaired) electrons. The van der Waals surface area contributed by atoms with Crippen molar-refractivity contribution < 1.29 is 4.79 Å². The molecule has 3 saturated carbocycles. The maximum atomic E-state index is 10.6. The third-order valence-corrected chi connectivity index (χ3v) is 4.27. The number of amides is 2. The van der Waals surface area contributed by atoms with Crippen molar-refractivity contribution >= 4 is 11.7 Å². The van der Waals surface area contributed by atoms with Gasteiger partial charge in [0.05, 0.1) is 0 Å². The highest BCUT2D eigenvalue weighted by Crippen LogP contribution is 2.59. The summed E-state index contributed by atoms with van der Waals surface area (Å²) in [6.07, 6.45) is 2.21. The van der Waals surface area contributed by atoms with Gasteiger partial charge in [-0.1, -0.05) is 20.8 Å². The van der Waals surface area contributed by atoms with E-state index in [9.17, 15) is 4.79 Å². The maximum absolute atomic E-state index is 10.6. The van der Waals surface area contributed by atoms with Crippen molar-refractivity contribution in [2.45, 2.75) is 33.6 Å². The zero-order valence-electron chi connectivity index (χ0n) is 9.58. The topological polar surface area (TPSA) is 67.5 Å². The molecule has 2 amide bonds. The number of fused-ring (bicyclic) bond motifs is 2. The Kier molecular flexibility index (Phi) is 2.24. The molecule has 0 aromatic heterocycles.